The molecule has 0 bridgehead atoms. The van der Waals surface area contributed by atoms with Crippen LogP contribution in [-0.4, -0.2) is 41.5 Å². The van der Waals surface area contributed by atoms with Gasteiger partial charge in [0.05, 0.1) is 12.7 Å². The Balaban J connectivity index is 2.59. The van der Waals surface area contributed by atoms with Crippen LogP contribution in [0.15, 0.2) is 34.9 Å². The minimum absolute atomic E-state index is 0.0336. The maximum atomic E-state index is 14.1. The van der Waals surface area contributed by atoms with E-state index in [1.807, 2.05) is 0 Å². The first kappa shape index (κ1) is 29.0. The lowest BCUT2D eigenvalue weighted by molar-refractivity contribution is 0.0425. The largest absolute Gasteiger partial charge is 0.482 e. The Morgan fingerprint density at radius 2 is 1.56 bits per heavy atom. The predicted octanol–water partition coefficient (Wildman–Crippen LogP) is 6.59. The van der Waals surface area contributed by atoms with Gasteiger partial charge < -0.3 is 18.9 Å². The van der Waals surface area contributed by atoms with Crippen molar-refractivity contribution in [2.75, 3.05) is 12.0 Å². The fourth-order valence-electron chi connectivity index (χ4n) is 2.95. The number of carbonyl (C=O) groups is 3. The average Bonchev–Trinajstić information content (AvgIpc) is 2.72. The summed E-state index contributed by atoms with van der Waals surface area (Å²) < 4.78 is 36.2. The lowest BCUT2D eigenvalue weighted by Gasteiger charge is -2.29. The van der Waals surface area contributed by atoms with Crippen LogP contribution in [-0.2, 0) is 14.2 Å². The molecule has 9 nitrogen and oxygen atoms in total. The lowest BCUT2D eigenvalue weighted by Crippen LogP contribution is -2.44. The van der Waals surface area contributed by atoms with E-state index in [-0.39, 0.29) is 22.7 Å². The zero-order chi connectivity index (χ0) is 27.4. The Kier molecular flexibility index (Phi) is 9.06. The number of esters is 1. The number of nitrogens with zero attached hydrogens (tertiary/aromatic N) is 2. The number of hydrogen-bond donors (Lipinski definition) is 0. The van der Waals surface area contributed by atoms with E-state index in [1.54, 1.807) is 48.5 Å². The second kappa shape index (κ2) is 11.2. The van der Waals surface area contributed by atoms with Crippen molar-refractivity contribution in [3.63, 3.8) is 0 Å². The van der Waals surface area contributed by atoms with Crippen molar-refractivity contribution < 1.29 is 37.7 Å². The molecule has 0 saturated carbocycles. The van der Waals surface area contributed by atoms with E-state index < -0.39 is 41.3 Å². The fourth-order valence-corrected chi connectivity index (χ4v) is 3.26. The molecule has 1 aromatic carbocycles. The molecule has 36 heavy (non-hydrogen) atoms. The van der Waals surface area contributed by atoms with Gasteiger partial charge >= 0.3 is 18.2 Å². The summed E-state index contributed by atoms with van der Waals surface area (Å²) in [4.78, 5) is 43.2. The quantitative estimate of drug-likeness (QED) is 0.294. The molecule has 1 heterocycles. The SMILES string of the molecule is COC(=O)c1ccc(F)cc1[C@@H](C)Oc1cc(Br)cnc1N(C(=O)OC(C)(C)C)C(=O)OC(C)(C)C. The topological polar surface area (TPSA) is 104 Å². The molecule has 0 unspecified atom stereocenters. The zero-order valence-corrected chi connectivity index (χ0v) is 23.1. The van der Waals surface area contributed by atoms with Crippen LogP contribution in [0.3, 0.4) is 0 Å². The second-order valence-electron chi connectivity index (χ2n) is 9.75. The highest BCUT2D eigenvalue weighted by Crippen LogP contribution is 2.35. The normalized spacial score (nSPS) is 12.4. The third-order valence-electron chi connectivity index (χ3n) is 4.32. The first-order valence-corrected chi connectivity index (χ1v) is 11.8. The summed E-state index contributed by atoms with van der Waals surface area (Å²) in [6, 6.07) is 5.02. The molecule has 196 valence electrons. The minimum atomic E-state index is -1.04. The Bertz CT molecular complexity index is 1110. The van der Waals surface area contributed by atoms with Gasteiger partial charge in [-0.05, 0) is 88.7 Å². The molecule has 2 rings (SSSR count). The van der Waals surface area contributed by atoms with Gasteiger partial charge in [-0.3, -0.25) is 0 Å². The molecule has 0 radical (unpaired) electrons. The van der Waals surface area contributed by atoms with Crippen molar-refractivity contribution in [3.05, 3.63) is 51.9 Å². The van der Waals surface area contributed by atoms with E-state index in [0.29, 0.717) is 9.37 Å². The molecule has 0 aliphatic heterocycles. The third-order valence-corrected chi connectivity index (χ3v) is 4.76. The molecule has 1 atom stereocenters. The van der Waals surface area contributed by atoms with Crippen LogP contribution in [0.4, 0.5) is 19.8 Å². The minimum Gasteiger partial charge on any atom is -0.482 e. The summed E-state index contributed by atoms with van der Waals surface area (Å²) in [5.74, 6) is -1.53. The number of hydrogen-bond acceptors (Lipinski definition) is 8. The van der Waals surface area contributed by atoms with Gasteiger partial charge in [0.15, 0.2) is 11.6 Å². The number of carbonyl (C=O) groups excluding carboxylic acids is 3. The highest BCUT2D eigenvalue weighted by Gasteiger charge is 2.36. The summed E-state index contributed by atoms with van der Waals surface area (Å²) >= 11 is 3.30. The van der Waals surface area contributed by atoms with Crippen LogP contribution in [0.5, 0.6) is 5.75 Å². The van der Waals surface area contributed by atoms with Crippen LogP contribution in [0.1, 0.15) is 70.5 Å². The number of aromatic nitrogens is 1. The molecule has 2 amide bonds. The molecule has 0 aliphatic rings. The van der Waals surface area contributed by atoms with Crippen molar-refractivity contribution in [1.29, 1.82) is 0 Å². The van der Waals surface area contributed by atoms with Crippen molar-refractivity contribution in [2.45, 2.75) is 65.8 Å². The highest BCUT2D eigenvalue weighted by atomic mass is 79.9. The van der Waals surface area contributed by atoms with Crippen molar-refractivity contribution >= 4 is 39.9 Å². The molecule has 0 aliphatic carbocycles. The van der Waals surface area contributed by atoms with Gasteiger partial charge in [0.25, 0.3) is 0 Å². The number of benzene rings is 1. The number of rotatable bonds is 5. The molecule has 0 spiro atoms. The molecule has 0 N–H and O–H groups in total. The van der Waals surface area contributed by atoms with Crippen LogP contribution in [0.2, 0.25) is 0 Å². The van der Waals surface area contributed by atoms with Crippen molar-refractivity contribution in [1.82, 2.24) is 4.98 Å². The van der Waals surface area contributed by atoms with E-state index in [0.717, 1.165) is 12.1 Å². The summed E-state index contributed by atoms with van der Waals surface area (Å²) in [7, 11) is 1.21. The predicted molar refractivity (Wildman–Crippen MR) is 134 cm³/mol. The van der Waals surface area contributed by atoms with Crippen molar-refractivity contribution in [2.24, 2.45) is 0 Å². The number of methoxy groups -OCH3 is 1. The maximum absolute atomic E-state index is 14.1. The van der Waals surface area contributed by atoms with Gasteiger partial charge in [0.2, 0.25) is 0 Å². The standard InChI is InChI=1S/C25H30BrFN2O7/c1-14(18-12-16(27)9-10-17(18)21(30)33-8)34-19-11-15(26)13-28-20(19)29(22(31)35-24(2,3)4)23(32)36-25(5,6)7/h9-14H,1-8H3/t14-/m1/s1. The number of pyridine rings is 1. The molecule has 2 aromatic rings. The van der Waals surface area contributed by atoms with Gasteiger partial charge in [-0.2, -0.15) is 4.90 Å². The first-order chi connectivity index (χ1) is 16.5. The number of amides is 2. The summed E-state index contributed by atoms with van der Waals surface area (Å²) in [6.45, 7) is 11.4. The fraction of sp³-hybridized carbons (Fsp3) is 0.440. The summed E-state index contributed by atoms with van der Waals surface area (Å²) in [6.07, 6.45) is -1.64. The van der Waals surface area contributed by atoms with E-state index >= 15 is 0 Å². The molecule has 11 heteroatoms. The van der Waals surface area contributed by atoms with Gasteiger partial charge in [-0.25, -0.2) is 23.8 Å². The highest BCUT2D eigenvalue weighted by molar-refractivity contribution is 9.10. The average molecular weight is 569 g/mol. The van der Waals surface area contributed by atoms with Crippen molar-refractivity contribution in [3.8, 4) is 5.75 Å². The summed E-state index contributed by atoms with van der Waals surface area (Å²) in [5, 5.41) is 0. The number of imide groups is 1. The first-order valence-electron chi connectivity index (χ1n) is 11.0. The van der Waals surface area contributed by atoms with Gasteiger partial charge in [-0.1, -0.05) is 0 Å². The Hall–Kier alpha value is -3.21. The Morgan fingerprint density at radius 3 is 2.06 bits per heavy atom. The Morgan fingerprint density at radius 1 is 1.00 bits per heavy atom. The maximum Gasteiger partial charge on any atom is 0.425 e. The van der Waals surface area contributed by atoms with Gasteiger partial charge in [0.1, 0.15) is 23.1 Å². The number of ether oxygens (including phenoxy) is 4. The molecule has 0 fully saturated rings. The molecular formula is C25H30BrFN2O7. The van der Waals surface area contributed by atoms with E-state index in [1.165, 1.54) is 25.4 Å². The van der Waals surface area contributed by atoms with E-state index in [4.69, 9.17) is 18.9 Å². The van der Waals surface area contributed by atoms with Crippen LogP contribution < -0.4 is 9.64 Å². The smallest absolute Gasteiger partial charge is 0.425 e. The zero-order valence-electron chi connectivity index (χ0n) is 21.5. The summed E-state index contributed by atoms with van der Waals surface area (Å²) in [5.41, 5.74) is -1.59. The third kappa shape index (κ3) is 7.91. The van der Waals surface area contributed by atoms with Crippen LogP contribution in [0, 0.1) is 5.82 Å². The lowest BCUT2D eigenvalue weighted by atomic mass is 10.0. The van der Waals surface area contributed by atoms with E-state index in [9.17, 15) is 18.8 Å². The molecular weight excluding hydrogens is 539 g/mol. The van der Waals surface area contributed by atoms with Gasteiger partial charge in [-0.15, -0.1) is 0 Å². The van der Waals surface area contributed by atoms with Crippen LogP contribution >= 0.6 is 15.9 Å². The molecule has 0 saturated heterocycles. The monoisotopic (exact) mass is 568 g/mol. The Labute approximate surface area is 218 Å². The van der Waals surface area contributed by atoms with E-state index in [2.05, 4.69) is 20.9 Å². The number of halogens is 2. The number of anilines is 1. The second-order valence-corrected chi connectivity index (χ2v) is 10.7. The van der Waals surface area contributed by atoms with Gasteiger partial charge in [0, 0.05) is 16.2 Å². The molecule has 1 aromatic heterocycles. The van der Waals surface area contributed by atoms with Crippen LogP contribution in [0.25, 0.3) is 0 Å².